The van der Waals surface area contributed by atoms with Crippen molar-refractivity contribution in [3.05, 3.63) is 12.2 Å². The zero-order chi connectivity index (χ0) is 21.4. The van der Waals surface area contributed by atoms with Gasteiger partial charge in [0, 0.05) is 5.92 Å². The first-order chi connectivity index (χ1) is 14.2. The van der Waals surface area contributed by atoms with Gasteiger partial charge in [0.1, 0.15) is 6.42 Å². The van der Waals surface area contributed by atoms with Gasteiger partial charge in [0.25, 0.3) is 0 Å². The number of carbonyl (C=O) groups excluding carboxylic acids is 2. The average Bonchev–Trinajstić information content (AvgIpc) is 2.74. The number of hydrogen-bond acceptors (Lipinski definition) is 4. The molecule has 0 aliphatic rings. The van der Waals surface area contributed by atoms with Crippen molar-refractivity contribution >= 4 is 11.9 Å². The SMILES string of the molecule is COC(=O)C#CC#CC=CC#CC#CC#CC#CC#CC#CC#CCC(=O)OC. The van der Waals surface area contributed by atoms with Gasteiger partial charge in [-0.05, 0) is 95.0 Å². The quantitative estimate of drug-likeness (QED) is 0.377. The van der Waals surface area contributed by atoms with E-state index < -0.39 is 11.9 Å². The van der Waals surface area contributed by atoms with Gasteiger partial charge in [-0.1, -0.05) is 17.8 Å². The first-order valence-electron chi connectivity index (χ1n) is 7.50. The van der Waals surface area contributed by atoms with E-state index in [1.54, 1.807) is 0 Å². The van der Waals surface area contributed by atoms with Crippen LogP contribution in [0.1, 0.15) is 6.42 Å². The first-order valence-corrected chi connectivity index (χ1v) is 7.50. The predicted octanol–water partition coefficient (Wildman–Crippen LogP) is 0.309. The largest absolute Gasteiger partial charge is 0.468 e. The van der Waals surface area contributed by atoms with Crippen molar-refractivity contribution < 1.29 is 19.1 Å². The van der Waals surface area contributed by atoms with Gasteiger partial charge in [0.15, 0.2) is 0 Å². The smallest absolute Gasteiger partial charge is 0.385 e. The van der Waals surface area contributed by atoms with E-state index in [4.69, 9.17) is 0 Å². The van der Waals surface area contributed by atoms with E-state index >= 15 is 0 Å². The summed E-state index contributed by atoms with van der Waals surface area (Å²) in [4.78, 5) is 21.4. The summed E-state index contributed by atoms with van der Waals surface area (Å²) in [6, 6.07) is 0. The molecule has 4 heteroatoms. The number of carbonyl (C=O) groups is 2. The van der Waals surface area contributed by atoms with Gasteiger partial charge >= 0.3 is 11.9 Å². The summed E-state index contributed by atoms with van der Waals surface area (Å²) in [6.07, 6.45) is 2.92. The highest BCUT2D eigenvalue weighted by Crippen LogP contribution is 1.78. The van der Waals surface area contributed by atoms with E-state index in [1.807, 2.05) is 0 Å². The highest BCUT2D eigenvalue weighted by atomic mass is 16.5. The highest BCUT2D eigenvalue weighted by molar-refractivity contribution is 5.88. The second kappa shape index (κ2) is 19.1. The van der Waals surface area contributed by atoms with Crippen LogP contribution in [0.3, 0.4) is 0 Å². The van der Waals surface area contributed by atoms with Crippen molar-refractivity contribution in [2.45, 2.75) is 6.42 Å². The summed E-state index contributed by atoms with van der Waals surface area (Å²) in [5.41, 5.74) is 0. The van der Waals surface area contributed by atoms with Gasteiger partial charge in [-0.25, -0.2) is 4.79 Å². The fourth-order valence-corrected chi connectivity index (χ4v) is 0.917. The molecule has 0 fully saturated rings. The van der Waals surface area contributed by atoms with Crippen LogP contribution in [0.4, 0.5) is 0 Å². The van der Waals surface area contributed by atoms with Crippen molar-refractivity contribution in [2.75, 3.05) is 14.2 Å². The normalized spacial score (nSPS) is 6.14. The minimum atomic E-state index is -0.649. The minimum absolute atomic E-state index is 0.0164. The van der Waals surface area contributed by atoms with Crippen LogP contribution < -0.4 is 0 Å². The lowest BCUT2D eigenvalue weighted by atomic mass is 10.4. The monoisotopic (exact) mass is 374 g/mol. The molecule has 29 heavy (non-hydrogen) atoms. The molecule has 0 saturated heterocycles. The Morgan fingerprint density at radius 3 is 1.55 bits per heavy atom. The molecule has 0 radical (unpaired) electrons. The Hall–Kier alpha value is -5.28. The van der Waals surface area contributed by atoms with E-state index in [0.29, 0.717) is 0 Å². The first kappa shape index (κ1) is 23.7. The summed E-state index contributed by atoms with van der Waals surface area (Å²) >= 11 is 0. The fraction of sp³-hybridized carbons (Fsp3) is 0.120. The zero-order valence-electron chi connectivity index (χ0n) is 15.5. The van der Waals surface area contributed by atoms with Crippen molar-refractivity contribution in [2.24, 2.45) is 0 Å². The molecule has 0 aromatic heterocycles. The number of ether oxygens (including phenoxy) is 2. The molecule has 0 rings (SSSR count). The summed E-state index contributed by atoms with van der Waals surface area (Å²) in [7, 11) is 2.52. The Bertz CT molecular complexity index is 1220. The zero-order valence-corrected chi connectivity index (χ0v) is 15.5. The van der Waals surface area contributed by atoms with Crippen molar-refractivity contribution in [3.63, 3.8) is 0 Å². The molecule has 0 aliphatic heterocycles. The van der Waals surface area contributed by atoms with Gasteiger partial charge in [-0.15, -0.1) is 0 Å². The molecule has 0 unspecified atom stereocenters. The molecule has 0 heterocycles. The maximum Gasteiger partial charge on any atom is 0.385 e. The molecule has 0 aromatic rings. The molecule has 4 nitrogen and oxygen atoms in total. The summed E-state index contributed by atoms with van der Waals surface area (Å²) in [5, 5.41) is 0. The third kappa shape index (κ3) is 18.9. The van der Waals surface area contributed by atoms with Crippen LogP contribution in [0.15, 0.2) is 12.2 Å². The molecule has 0 amide bonds. The Morgan fingerprint density at radius 2 is 1.07 bits per heavy atom. The van der Waals surface area contributed by atoms with Crippen LogP contribution in [0.2, 0.25) is 0 Å². The second-order valence-corrected chi connectivity index (χ2v) is 3.92. The maximum absolute atomic E-state index is 10.8. The van der Waals surface area contributed by atoms with Gasteiger partial charge in [-0.3, -0.25) is 4.79 Å². The Morgan fingerprint density at radius 1 is 0.621 bits per heavy atom. The number of esters is 2. The van der Waals surface area contributed by atoms with Crippen molar-refractivity contribution in [1.82, 2.24) is 0 Å². The third-order valence-electron chi connectivity index (χ3n) is 2.04. The number of methoxy groups -OCH3 is 2. The molecule has 0 N–H and O–H groups in total. The number of allylic oxidation sites excluding steroid dienone is 2. The maximum atomic E-state index is 10.8. The molecule has 0 aliphatic carbocycles. The Kier molecular flexibility index (Phi) is 15.6. The lowest BCUT2D eigenvalue weighted by molar-refractivity contribution is -0.139. The number of rotatable bonds is 1. The van der Waals surface area contributed by atoms with Gasteiger partial charge in [0.05, 0.1) is 14.2 Å². The predicted molar refractivity (Wildman–Crippen MR) is 108 cm³/mol. The van der Waals surface area contributed by atoms with Crippen LogP contribution >= 0.6 is 0 Å². The molecule has 0 atom stereocenters. The van der Waals surface area contributed by atoms with Gasteiger partial charge in [-0.2, -0.15) is 0 Å². The van der Waals surface area contributed by atoms with Crippen molar-refractivity contribution in [1.29, 1.82) is 0 Å². The van der Waals surface area contributed by atoms with Gasteiger partial charge < -0.3 is 9.47 Å². The Balaban J connectivity index is 4.35. The fourth-order valence-electron chi connectivity index (χ4n) is 0.917. The van der Waals surface area contributed by atoms with Gasteiger partial charge in [0.2, 0.25) is 0 Å². The van der Waals surface area contributed by atoms with E-state index in [1.165, 1.54) is 26.4 Å². The number of hydrogen-bond donors (Lipinski definition) is 0. The molecule has 134 valence electrons. The molecule has 0 saturated carbocycles. The summed E-state index contributed by atoms with van der Waals surface area (Å²) < 4.78 is 8.73. The molecule has 0 spiro atoms. The van der Waals surface area contributed by atoms with E-state index in [0.717, 1.165) is 0 Å². The van der Waals surface area contributed by atoms with E-state index in [-0.39, 0.29) is 6.42 Å². The lowest BCUT2D eigenvalue weighted by Gasteiger charge is -1.87. The molecular formula is C25H10O4. The third-order valence-corrected chi connectivity index (χ3v) is 2.04. The average molecular weight is 374 g/mol. The lowest BCUT2D eigenvalue weighted by Crippen LogP contribution is -1.96. The van der Waals surface area contributed by atoms with Crippen molar-refractivity contribution in [3.8, 4) is 107 Å². The second-order valence-electron chi connectivity index (χ2n) is 3.92. The topological polar surface area (TPSA) is 52.6 Å². The van der Waals surface area contributed by atoms with Crippen LogP contribution in [0.5, 0.6) is 0 Å². The molecule has 0 bridgehead atoms. The van der Waals surface area contributed by atoms with Crippen LogP contribution in [0, 0.1) is 107 Å². The van der Waals surface area contributed by atoms with E-state index in [9.17, 15) is 9.59 Å². The summed E-state index contributed by atoms with van der Waals surface area (Å²) in [6.45, 7) is 0. The summed E-state index contributed by atoms with van der Waals surface area (Å²) in [5.74, 6) is 43.2. The van der Waals surface area contributed by atoms with Crippen LogP contribution in [0.25, 0.3) is 0 Å². The van der Waals surface area contributed by atoms with Crippen LogP contribution in [-0.2, 0) is 19.1 Å². The highest BCUT2D eigenvalue weighted by Gasteiger charge is 1.91. The van der Waals surface area contributed by atoms with E-state index in [2.05, 4.69) is 116 Å². The molecule has 0 aromatic carbocycles. The molecular weight excluding hydrogens is 364 g/mol. The standard InChI is InChI=1S/C25H10O4/c1-28-24(26)22-20-18-16-14-12-10-8-6-4-3-5-7-9-11-13-15-17-19-21-23-25(27)29-2/h12,14H,23H2,1-2H3. The minimum Gasteiger partial charge on any atom is -0.468 e. The Labute approximate surface area is 170 Å². The van der Waals surface area contributed by atoms with Crippen LogP contribution in [-0.4, -0.2) is 26.2 Å².